The largest absolute Gasteiger partial charge is 0.417 e. The SMILES string of the molecule is NC(=O)c1cc(Cl)c(Cl)c(C(F)(F)F)c1. The number of nitrogens with two attached hydrogens (primary N) is 1. The quantitative estimate of drug-likeness (QED) is 0.826. The van der Waals surface area contributed by atoms with Crippen LogP contribution in [-0.4, -0.2) is 5.91 Å². The monoisotopic (exact) mass is 257 g/mol. The predicted octanol–water partition coefficient (Wildman–Crippen LogP) is 3.11. The Bertz CT molecular complexity index is 417. The third kappa shape index (κ3) is 2.54. The van der Waals surface area contributed by atoms with Crippen LogP contribution >= 0.6 is 23.2 Å². The molecular weight excluding hydrogens is 254 g/mol. The van der Waals surface area contributed by atoms with E-state index in [0.717, 1.165) is 6.07 Å². The Labute approximate surface area is 92.8 Å². The van der Waals surface area contributed by atoms with Crippen LogP contribution in [-0.2, 0) is 6.18 Å². The molecule has 0 aliphatic carbocycles. The highest BCUT2D eigenvalue weighted by atomic mass is 35.5. The average molecular weight is 258 g/mol. The first kappa shape index (κ1) is 12.1. The fourth-order valence-electron chi connectivity index (χ4n) is 0.938. The van der Waals surface area contributed by atoms with Gasteiger partial charge in [-0.1, -0.05) is 23.2 Å². The molecule has 0 aliphatic rings. The van der Waals surface area contributed by atoms with E-state index >= 15 is 0 Å². The first-order chi connectivity index (χ1) is 6.73. The molecule has 0 aliphatic heterocycles. The summed E-state index contributed by atoms with van der Waals surface area (Å²) in [6.07, 6.45) is -4.67. The second-order valence-corrected chi connectivity index (χ2v) is 3.47. The van der Waals surface area contributed by atoms with E-state index in [1.54, 1.807) is 0 Å². The molecule has 2 N–H and O–H groups in total. The zero-order chi connectivity index (χ0) is 11.8. The molecule has 15 heavy (non-hydrogen) atoms. The van der Waals surface area contributed by atoms with Crippen LogP contribution in [0.3, 0.4) is 0 Å². The summed E-state index contributed by atoms with van der Waals surface area (Å²) in [6.45, 7) is 0. The minimum Gasteiger partial charge on any atom is -0.366 e. The average Bonchev–Trinajstić information content (AvgIpc) is 2.06. The first-order valence-electron chi connectivity index (χ1n) is 3.59. The van der Waals surface area contributed by atoms with Gasteiger partial charge in [-0.2, -0.15) is 13.2 Å². The zero-order valence-electron chi connectivity index (χ0n) is 7.03. The minimum absolute atomic E-state index is 0.336. The maximum Gasteiger partial charge on any atom is 0.417 e. The Hall–Kier alpha value is -0.940. The lowest BCUT2D eigenvalue weighted by Gasteiger charge is -2.11. The van der Waals surface area contributed by atoms with Crippen LogP contribution in [0.25, 0.3) is 0 Å². The highest BCUT2D eigenvalue weighted by Crippen LogP contribution is 2.38. The lowest BCUT2D eigenvalue weighted by Crippen LogP contribution is -2.14. The third-order valence-corrected chi connectivity index (χ3v) is 2.42. The molecule has 0 unspecified atom stereocenters. The highest BCUT2D eigenvalue weighted by molar-refractivity contribution is 6.42. The summed E-state index contributed by atoms with van der Waals surface area (Å²) in [5, 5.41) is -1.01. The molecule has 0 aromatic heterocycles. The number of rotatable bonds is 1. The Balaban J connectivity index is 3.45. The van der Waals surface area contributed by atoms with Crippen molar-refractivity contribution >= 4 is 29.1 Å². The van der Waals surface area contributed by atoms with Crippen LogP contribution in [0.15, 0.2) is 12.1 Å². The third-order valence-electron chi connectivity index (χ3n) is 1.62. The normalized spacial score (nSPS) is 11.5. The number of halogens is 5. The van der Waals surface area contributed by atoms with Gasteiger partial charge in [0.15, 0.2) is 0 Å². The van der Waals surface area contributed by atoms with Crippen LogP contribution < -0.4 is 5.73 Å². The summed E-state index contributed by atoms with van der Waals surface area (Å²) in [5.41, 5.74) is 3.33. The van der Waals surface area contributed by atoms with Gasteiger partial charge < -0.3 is 5.73 Å². The lowest BCUT2D eigenvalue weighted by atomic mass is 10.1. The standard InChI is InChI=1S/C8H4Cl2F3NO/c9-5-2-3(7(14)15)1-4(6(5)10)8(11,12)13/h1-2H,(H2,14,15). The molecule has 0 heterocycles. The number of carbonyl (C=O) groups excluding carboxylic acids is 1. The number of hydrogen-bond donors (Lipinski definition) is 1. The molecule has 1 rings (SSSR count). The summed E-state index contributed by atoms with van der Waals surface area (Å²) in [4.78, 5) is 10.7. The maximum absolute atomic E-state index is 12.4. The Kier molecular flexibility index (Phi) is 3.16. The zero-order valence-corrected chi connectivity index (χ0v) is 8.54. The van der Waals surface area contributed by atoms with Crippen LogP contribution in [0.4, 0.5) is 13.2 Å². The van der Waals surface area contributed by atoms with Crippen molar-refractivity contribution in [3.63, 3.8) is 0 Å². The molecular formula is C8H4Cl2F3NO. The van der Waals surface area contributed by atoms with Crippen molar-refractivity contribution in [2.24, 2.45) is 5.73 Å². The van der Waals surface area contributed by atoms with Crippen molar-refractivity contribution < 1.29 is 18.0 Å². The molecule has 82 valence electrons. The number of primary amides is 1. The molecule has 0 atom stereocenters. The Morgan fingerprint density at radius 1 is 1.27 bits per heavy atom. The van der Waals surface area contributed by atoms with Crippen molar-refractivity contribution in [3.05, 3.63) is 33.3 Å². The van der Waals surface area contributed by atoms with Gasteiger partial charge in [0.25, 0.3) is 0 Å². The van der Waals surface area contributed by atoms with E-state index < -0.39 is 22.7 Å². The number of alkyl halides is 3. The number of amides is 1. The molecule has 0 bridgehead atoms. The Morgan fingerprint density at radius 3 is 2.20 bits per heavy atom. The van der Waals surface area contributed by atoms with Crippen molar-refractivity contribution in [2.45, 2.75) is 6.18 Å². The van der Waals surface area contributed by atoms with E-state index in [1.807, 2.05) is 0 Å². The molecule has 7 heteroatoms. The second kappa shape index (κ2) is 3.90. The molecule has 1 aromatic carbocycles. The van der Waals surface area contributed by atoms with E-state index in [1.165, 1.54) is 0 Å². The van der Waals surface area contributed by atoms with Gasteiger partial charge >= 0.3 is 6.18 Å². The highest BCUT2D eigenvalue weighted by Gasteiger charge is 2.34. The smallest absolute Gasteiger partial charge is 0.366 e. The molecule has 0 saturated heterocycles. The molecule has 0 fully saturated rings. The second-order valence-electron chi connectivity index (χ2n) is 2.68. The fraction of sp³-hybridized carbons (Fsp3) is 0.125. The van der Waals surface area contributed by atoms with Crippen LogP contribution in [0, 0.1) is 0 Å². The van der Waals surface area contributed by atoms with E-state index in [0.29, 0.717) is 6.07 Å². The van der Waals surface area contributed by atoms with Crippen LogP contribution in [0.2, 0.25) is 10.0 Å². The minimum atomic E-state index is -4.67. The van der Waals surface area contributed by atoms with E-state index in [-0.39, 0.29) is 10.6 Å². The molecule has 1 aromatic rings. The van der Waals surface area contributed by atoms with Gasteiger partial charge in [0.1, 0.15) is 0 Å². The van der Waals surface area contributed by atoms with Gasteiger partial charge in [-0.25, -0.2) is 0 Å². The number of carbonyl (C=O) groups is 1. The topological polar surface area (TPSA) is 43.1 Å². The van der Waals surface area contributed by atoms with Gasteiger partial charge in [0.2, 0.25) is 5.91 Å². The van der Waals surface area contributed by atoms with Crippen molar-refractivity contribution in [1.29, 1.82) is 0 Å². The molecule has 1 amide bonds. The molecule has 2 nitrogen and oxygen atoms in total. The molecule has 0 spiro atoms. The van der Waals surface area contributed by atoms with Crippen LogP contribution in [0.5, 0.6) is 0 Å². The van der Waals surface area contributed by atoms with Crippen molar-refractivity contribution in [1.82, 2.24) is 0 Å². The maximum atomic E-state index is 12.4. The van der Waals surface area contributed by atoms with E-state index in [4.69, 9.17) is 28.9 Å². The summed E-state index contributed by atoms with van der Waals surface area (Å²) in [5.74, 6) is -1.00. The van der Waals surface area contributed by atoms with E-state index in [2.05, 4.69) is 0 Å². The Morgan fingerprint density at radius 2 is 1.80 bits per heavy atom. The predicted molar refractivity (Wildman–Crippen MR) is 50.0 cm³/mol. The summed E-state index contributed by atoms with van der Waals surface area (Å²) < 4.78 is 37.1. The van der Waals surface area contributed by atoms with Gasteiger partial charge in [-0.15, -0.1) is 0 Å². The first-order valence-corrected chi connectivity index (χ1v) is 4.35. The lowest BCUT2D eigenvalue weighted by molar-refractivity contribution is -0.137. The van der Waals surface area contributed by atoms with Gasteiger partial charge in [0.05, 0.1) is 15.6 Å². The number of hydrogen-bond acceptors (Lipinski definition) is 1. The van der Waals surface area contributed by atoms with Gasteiger partial charge in [-0.05, 0) is 12.1 Å². The van der Waals surface area contributed by atoms with Crippen molar-refractivity contribution in [2.75, 3.05) is 0 Å². The van der Waals surface area contributed by atoms with Crippen LogP contribution in [0.1, 0.15) is 15.9 Å². The van der Waals surface area contributed by atoms with Gasteiger partial charge in [-0.3, -0.25) is 4.79 Å². The summed E-state index contributed by atoms with van der Waals surface area (Å²) >= 11 is 10.8. The fourth-order valence-corrected chi connectivity index (χ4v) is 1.37. The van der Waals surface area contributed by atoms with E-state index in [9.17, 15) is 18.0 Å². The van der Waals surface area contributed by atoms with Crippen molar-refractivity contribution in [3.8, 4) is 0 Å². The summed E-state index contributed by atoms with van der Waals surface area (Å²) in [6, 6.07) is 1.55. The summed E-state index contributed by atoms with van der Waals surface area (Å²) in [7, 11) is 0. The van der Waals surface area contributed by atoms with Gasteiger partial charge in [0, 0.05) is 5.56 Å². The molecule has 0 saturated carbocycles. The number of benzene rings is 1. The molecule has 0 radical (unpaired) electrons.